The van der Waals surface area contributed by atoms with Crippen molar-refractivity contribution in [2.45, 2.75) is 31.5 Å². The Hall–Kier alpha value is -1.67. The summed E-state index contributed by atoms with van der Waals surface area (Å²) in [6.45, 7) is -0.0585. The van der Waals surface area contributed by atoms with E-state index in [2.05, 4.69) is 5.32 Å². The van der Waals surface area contributed by atoms with Gasteiger partial charge in [-0.3, -0.25) is 9.69 Å². The molecular weight excluding hydrogens is 304 g/mol. The quantitative estimate of drug-likeness (QED) is 0.812. The van der Waals surface area contributed by atoms with Gasteiger partial charge >= 0.3 is 6.18 Å². The lowest BCUT2D eigenvalue weighted by Crippen LogP contribution is -2.22. The molecule has 2 unspecified atom stereocenters. The zero-order valence-corrected chi connectivity index (χ0v) is 11.5. The number of hydrogen-bond donors (Lipinski definition) is 2. The third kappa shape index (κ3) is 2.68. The van der Waals surface area contributed by atoms with Gasteiger partial charge in [0.15, 0.2) is 0 Å². The first-order chi connectivity index (χ1) is 10.3. The molecule has 1 aromatic rings. The molecule has 2 N–H and O–H groups in total. The molecule has 0 aromatic heterocycles. The van der Waals surface area contributed by atoms with Crippen LogP contribution in [0.15, 0.2) is 12.1 Å². The van der Waals surface area contributed by atoms with Gasteiger partial charge in [0.1, 0.15) is 6.17 Å². The highest BCUT2D eigenvalue weighted by molar-refractivity contribution is 5.99. The fraction of sp³-hybridized carbons (Fsp3) is 0.500. The van der Waals surface area contributed by atoms with Crippen LogP contribution in [0.5, 0.6) is 0 Å². The van der Waals surface area contributed by atoms with Crippen LogP contribution in [0.4, 0.5) is 17.6 Å². The van der Waals surface area contributed by atoms with Crippen molar-refractivity contribution in [2.75, 3.05) is 13.1 Å². The van der Waals surface area contributed by atoms with Crippen LogP contribution >= 0.6 is 0 Å². The minimum absolute atomic E-state index is 0.0152. The normalized spacial score (nSPS) is 25.4. The number of aliphatic hydroxyl groups is 1. The first-order valence-corrected chi connectivity index (χ1v) is 6.81. The summed E-state index contributed by atoms with van der Waals surface area (Å²) in [6.07, 6.45) is -7.08. The van der Waals surface area contributed by atoms with Gasteiger partial charge in [-0.05, 0) is 23.3 Å². The van der Waals surface area contributed by atoms with Gasteiger partial charge < -0.3 is 10.4 Å². The van der Waals surface area contributed by atoms with Crippen LogP contribution in [0.25, 0.3) is 0 Å². The summed E-state index contributed by atoms with van der Waals surface area (Å²) in [4.78, 5) is 13.2. The van der Waals surface area contributed by atoms with Crippen molar-refractivity contribution in [1.29, 1.82) is 0 Å². The maximum absolute atomic E-state index is 13.3. The summed E-state index contributed by atoms with van der Waals surface area (Å²) in [5, 5.41) is 11.7. The van der Waals surface area contributed by atoms with Crippen LogP contribution < -0.4 is 5.32 Å². The first kappa shape index (κ1) is 15.2. The molecule has 1 aromatic carbocycles. The molecule has 1 fully saturated rings. The topological polar surface area (TPSA) is 52.6 Å². The predicted octanol–water partition coefficient (Wildman–Crippen LogP) is 1.46. The second-order valence-electron chi connectivity index (χ2n) is 5.63. The van der Waals surface area contributed by atoms with E-state index >= 15 is 0 Å². The van der Waals surface area contributed by atoms with Crippen molar-refractivity contribution >= 4 is 5.91 Å². The van der Waals surface area contributed by atoms with E-state index in [1.807, 2.05) is 0 Å². The highest BCUT2D eigenvalue weighted by Crippen LogP contribution is 2.36. The van der Waals surface area contributed by atoms with Gasteiger partial charge in [-0.15, -0.1) is 0 Å². The molecular formula is C14H14F4N2O2. The molecule has 0 radical (unpaired) electrons. The molecule has 1 saturated heterocycles. The molecule has 0 saturated carbocycles. The maximum Gasteiger partial charge on any atom is 0.416 e. The average Bonchev–Trinajstić information content (AvgIpc) is 2.92. The van der Waals surface area contributed by atoms with E-state index in [1.54, 1.807) is 0 Å². The lowest BCUT2D eigenvalue weighted by molar-refractivity contribution is -0.138. The molecule has 2 heterocycles. The zero-order chi connectivity index (χ0) is 16.1. The number of rotatable bonds is 2. The summed E-state index contributed by atoms with van der Waals surface area (Å²) in [6, 6.07) is 2.40. The number of amides is 1. The Labute approximate surface area is 123 Å². The van der Waals surface area contributed by atoms with E-state index in [0.29, 0.717) is 0 Å². The van der Waals surface area contributed by atoms with Crippen molar-refractivity contribution in [3.05, 3.63) is 34.4 Å². The zero-order valence-electron chi connectivity index (χ0n) is 11.5. The van der Waals surface area contributed by atoms with Crippen LogP contribution in [0.1, 0.15) is 27.0 Å². The van der Waals surface area contributed by atoms with Crippen molar-refractivity contribution in [3.8, 4) is 0 Å². The Kier molecular flexibility index (Phi) is 3.60. The minimum Gasteiger partial charge on any atom is -0.389 e. The number of fused-ring (bicyclic) bond motifs is 1. The number of nitrogens with one attached hydrogen (secondary N) is 1. The molecule has 3 rings (SSSR count). The maximum atomic E-state index is 13.3. The Bertz CT molecular complexity index is 608. The summed E-state index contributed by atoms with van der Waals surface area (Å²) in [7, 11) is 0. The van der Waals surface area contributed by atoms with E-state index in [1.165, 1.54) is 11.0 Å². The number of halogens is 4. The molecule has 120 valence electrons. The molecule has 22 heavy (non-hydrogen) atoms. The highest BCUT2D eigenvalue weighted by atomic mass is 19.4. The second-order valence-corrected chi connectivity index (χ2v) is 5.63. The highest BCUT2D eigenvalue weighted by Gasteiger charge is 2.38. The summed E-state index contributed by atoms with van der Waals surface area (Å²) >= 11 is 0. The molecule has 4 nitrogen and oxygen atoms in total. The van der Waals surface area contributed by atoms with Gasteiger partial charge in [-0.1, -0.05) is 0 Å². The van der Waals surface area contributed by atoms with Crippen LogP contribution in [0.2, 0.25) is 0 Å². The molecule has 0 aliphatic carbocycles. The number of alkyl halides is 4. The SMILES string of the molecule is O=C1NCc2c1cc(CN1CC(O)C(F)C1)cc2C(F)(F)F. The number of carbonyl (C=O) groups is 1. The molecule has 1 amide bonds. The third-order valence-electron chi connectivity index (χ3n) is 3.99. The molecule has 8 heteroatoms. The van der Waals surface area contributed by atoms with E-state index in [-0.39, 0.29) is 42.9 Å². The molecule has 2 atom stereocenters. The average molecular weight is 318 g/mol. The lowest BCUT2D eigenvalue weighted by Gasteiger charge is -2.18. The van der Waals surface area contributed by atoms with Gasteiger partial charge in [0.05, 0.1) is 11.7 Å². The minimum atomic E-state index is -4.56. The smallest absolute Gasteiger partial charge is 0.389 e. The van der Waals surface area contributed by atoms with Gasteiger partial charge in [0, 0.05) is 31.7 Å². The fourth-order valence-corrected chi connectivity index (χ4v) is 2.94. The van der Waals surface area contributed by atoms with E-state index in [9.17, 15) is 27.5 Å². The van der Waals surface area contributed by atoms with Crippen LogP contribution in [-0.4, -0.2) is 41.3 Å². The number of nitrogens with zero attached hydrogens (tertiary/aromatic N) is 1. The molecule has 2 aliphatic heterocycles. The Morgan fingerprint density at radius 3 is 2.64 bits per heavy atom. The van der Waals surface area contributed by atoms with Crippen LogP contribution in [-0.2, 0) is 19.3 Å². The van der Waals surface area contributed by atoms with Gasteiger partial charge in [0.2, 0.25) is 0 Å². The molecule has 0 bridgehead atoms. The van der Waals surface area contributed by atoms with E-state index in [4.69, 9.17) is 0 Å². The second kappa shape index (κ2) is 5.20. The van der Waals surface area contributed by atoms with E-state index in [0.717, 1.165) is 6.07 Å². The first-order valence-electron chi connectivity index (χ1n) is 6.81. The molecule has 0 spiro atoms. The fourth-order valence-electron chi connectivity index (χ4n) is 2.94. The van der Waals surface area contributed by atoms with Gasteiger partial charge in [-0.25, -0.2) is 4.39 Å². The monoisotopic (exact) mass is 318 g/mol. The Morgan fingerprint density at radius 2 is 2.05 bits per heavy atom. The molecule has 2 aliphatic rings. The third-order valence-corrected chi connectivity index (χ3v) is 3.99. The van der Waals surface area contributed by atoms with Crippen molar-refractivity contribution in [1.82, 2.24) is 10.2 Å². The summed E-state index contributed by atoms with van der Waals surface area (Å²) in [5.41, 5.74) is -0.591. The van der Waals surface area contributed by atoms with Crippen molar-refractivity contribution < 1.29 is 27.5 Å². The number of carbonyl (C=O) groups excluding carboxylic acids is 1. The standard InChI is InChI=1S/C14H14F4N2O2/c15-11-5-20(6-12(11)21)4-7-1-8-9(3-19-13(8)22)10(2-7)14(16,17)18/h1-2,11-12,21H,3-6H2,(H,19,22). The van der Waals surface area contributed by atoms with Gasteiger partial charge in [0.25, 0.3) is 5.91 Å². The summed E-state index contributed by atoms with van der Waals surface area (Å²) < 4.78 is 52.7. The Balaban J connectivity index is 1.93. The van der Waals surface area contributed by atoms with Gasteiger partial charge in [-0.2, -0.15) is 13.2 Å². The number of benzene rings is 1. The number of aliphatic hydroxyl groups excluding tert-OH is 1. The number of likely N-dealkylation sites (tertiary alicyclic amines) is 1. The van der Waals surface area contributed by atoms with Crippen LogP contribution in [0.3, 0.4) is 0 Å². The largest absolute Gasteiger partial charge is 0.416 e. The Morgan fingerprint density at radius 1 is 1.32 bits per heavy atom. The van der Waals surface area contributed by atoms with Crippen molar-refractivity contribution in [3.63, 3.8) is 0 Å². The lowest BCUT2D eigenvalue weighted by atomic mass is 9.98. The predicted molar refractivity (Wildman–Crippen MR) is 68.8 cm³/mol. The van der Waals surface area contributed by atoms with E-state index < -0.39 is 29.9 Å². The summed E-state index contributed by atoms with van der Waals surface area (Å²) in [5.74, 6) is -0.535. The number of hydrogen-bond acceptors (Lipinski definition) is 3. The van der Waals surface area contributed by atoms with Crippen molar-refractivity contribution in [2.24, 2.45) is 0 Å². The number of β-amino-alcohol motifs (C(OH)–C–C–N with tert-alkyl or cyclic N) is 1. The van der Waals surface area contributed by atoms with Crippen LogP contribution in [0, 0.1) is 0 Å².